The van der Waals surface area contributed by atoms with E-state index in [1.165, 1.54) is 24.3 Å². The summed E-state index contributed by atoms with van der Waals surface area (Å²) < 4.78 is 39.6. The van der Waals surface area contributed by atoms with E-state index in [0.29, 0.717) is 10.6 Å². The normalized spacial score (nSPS) is 11.0. The lowest BCUT2D eigenvalue weighted by atomic mass is 10.1. The first-order valence-electron chi connectivity index (χ1n) is 6.97. The number of hydrazine groups is 1. The third kappa shape index (κ3) is 4.18. The smallest absolute Gasteiger partial charge is 0.418 e. The first-order valence-corrected chi connectivity index (χ1v) is 7.38. The maximum atomic E-state index is 13.2. The zero-order valence-electron chi connectivity index (χ0n) is 13.0. The van der Waals surface area contributed by atoms with Gasteiger partial charge in [0.15, 0.2) is 5.11 Å². The molecule has 0 heterocycles. The SMILES string of the molecule is Cc1ccc(O)c(C(=O)NN(C(N)=S)c2ccccc2C(F)(F)F)c1. The molecule has 0 unspecified atom stereocenters. The Morgan fingerprint density at radius 1 is 1.24 bits per heavy atom. The van der Waals surface area contributed by atoms with Gasteiger partial charge in [-0.3, -0.25) is 10.2 Å². The van der Waals surface area contributed by atoms with Crippen molar-refractivity contribution in [1.82, 2.24) is 5.43 Å². The number of anilines is 1. The lowest BCUT2D eigenvalue weighted by Crippen LogP contribution is -2.49. The van der Waals surface area contributed by atoms with Crippen LogP contribution in [-0.4, -0.2) is 16.1 Å². The summed E-state index contributed by atoms with van der Waals surface area (Å²) >= 11 is 4.77. The number of nitrogens with zero attached hydrogens (tertiary/aromatic N) is 1. The molecule has 132 valence electrons. The number of hydrogen-bond acceptors (Lipinski definition) is 3. The number of alkyl halides is 3. The molecule has 9 heteroatoms. The van der Waals surface area contributed by atoms with Gasteiger partial charge in [0.1, 0.15) is 5.75 Å². The van der Waals surface area contributed by atoms with Crippen molar-refractivity contribution in [3.05, 3.63) is 59.2 Å². The molecule has 4 N–H and O–H groups in total. The summed E-state index contributed by atoms with van der Waals surface area (Å²) in [5.41, 5.74) is 6.80. The number of hydrogen-bond donors (Lipinski definition) is 3. The summed E-state index contributed by atoms with van der Waals surface area (Å²) in [5, 5.41) is 9.95. The van der Waals surface area contributed by atoms with Gasteiger partial charge in [0.05, 0.1) is 16.8 Å². The van der Waals surface area contributed by atoms with Crippen LogP contribution in [-0.2, 0) is 6.18 Å². The Balaban J connectivity index is 2.43. The molecule has 2 aromatic rings. The summed E-state index contributed by atoms with van der Waals surface area (Å²) in [4.78, 5) is 12.4. The highest BCUT2D eigenvalue weighted by Gasteiger charge is 2.35. The van der Waals surface area contributed by atoms with Gasteiger partial charge in [-0.15, -0.1) is 0 Å². The van der Waals surface area contributed by atoms with Gasteiger partial charge in [-0.05, 0) is 43.4 Å². The van der Waals surface area contributed by atoms with E-state index in [9.17, 15) is 23.1 Å². The monoisotopic (exact) mass is 369 g/mol. The maximum absolute atomic E-state index is 13.2. The zero-order chi connectivity index (χ0) is 18.8. The lowest BCUT2D eigenvalue weighted by Gasteiger charge is -2.26. The van der Waals surface area contributed by atoms with Crippen LogP contribution >= 0.6 is 12.2 Å². The minimum absolute atomic E-state index is 0.120. The van der Waals surface area contributed by atoms with Gasteiger partial charge in [-0.25, -0.2) is 5.01 Å². The summed E-state index contributed by atoms with van der Waals surface area (Å²) in [6, 6.07) is 8.80. The van der Waals surface area contributed by atoms with E-state index in [2.05, 4.69) is 5.43 Å². The molecule has 25 heavy (non-hydrogen) atoms. The van der Waals surface area contributed by atoms with Gasteiger partial charge in [0, 0.05) is 0 Å². The second-order valence-electron chi connectivity index (χ2n) is 5.15. The molecule has 0 aliphatic carbocycles. The summed E-state index contributed by atoms with van der Waals surface area (Å²) in [6.45, 7) is 1.69. The quantitative estimate of drug-likeness (QED) is 0.560. The average molecular weight is 369 g/mol. The van der Waals surface area contributed by atoms with Crippen LogP contribution < -0.4 is 16.2 Å². The number of carbonyl (C=O) groups is 1. The lowest BCUT2D eigenvalue weighted by molar-refractivity contribution is -0.137. The largest absolute Gasteiger partial charge is 0.507 e. The number of thiocarbonyl (C=S) groups is 1. The molecule has 0 bridgehead atoms. The Morgan fingerprint density at radius 2 is 1.88 bits per heavy atom. The van der Waals surface area contributed by atoms with Crippen molar-refractivity contribution < 1.29 is 23.1 Å². The minimum Gasteiger partial charge on any atom is -0.507 e. The van der Waals surface area contributed by atoms with Crippen molar-refractivity contribution in [3.63, 3.8) is 0 Å². The van der Waals surface area contributed by atoms with Crippen molar-refractivity contribution in [1.29, 1.82) is 0 Å². The van der Waals surface area contributed by atoms with Crippen LogP contribution in [0.3, 0.4) is 0 Å². The molecule has 2 aromatic carbocycles. The first-order chi connectivity index (χ1) is 11.6. The number of amides is 1. The fraction of sp³-hybridized carbons (Fsp3) is 0.125. The number of para-hydroxylation sites is 1. The van der Waals surface area contributed by atoms with Crippen LogP contribution in [0.15, 0.2) is 42.5 Å². The number of phenolic OH excluding ortho intramolecular Hbond substituents is 1. The van der Waals surface area contributed by atoms with E-state index < -0.39 is 28.4 Å². The zero-order valence-corrected chi connectivity index (χ0v) is 13.8. The predicted octanol–water partition coefficient (Wildman–Crippen LogP) is 3.11. The van der Waals surface area contributed by atoms with Crippen LogP contribution in [0.5, 0.6) is 5.75 Å². The standard InChI is InChI=1S/C16H14F3N3O2S/c1-9-6-7-13(23)10(8-9)14(24)21-22(15(20)25)12-5-3-2-4-11(12)16(17,18)19/h2-8,23H,1H3,(H2,20,25)(H,21,24). The molecule has 0 saturated heterocycles. The van der Waals surface area contributed by atoms with Crippen molar-refractivity contribution >= 4 is 28.9 Å². The molecule has 1 amide bonds. The van der Waals surface area contributed by atoms with Crippen molar-refractivity contribution in [2.75, 3.05) is 5.01 Å². The Labute approximate surface area is 146 Å². The van der Waals surface area contributed by atoms with Crippen molar-refractivity contribution in [2.45, 2.75) is 13.1 Å². The van der Waals surface area contributed by atoms with Crippen LogP contribution in [0, 0.1) is 6.92 Å². The van der Waals surface area contributed by atoms with Gasteiger partial charge >= 0.3 is 6.18 Å². The third-order valence-corrected chi connectivity index (χ3v) is 3.46. The molecule has 0 fully saturated rings. The van der Waals surface area contributed by atoms with E-state index in [1.807, 2.05) is 0 Å². The highest BCUT2D eigenvalue weighted by Crippen LogP contribution is 2.36. The number of aryl methyl sites for hydroxylation is 1. The number of halogens is 3. The van der Waals surface area contributed by atoms with Crippen LogP contribution in [0.4, 0.5) is 18.9 Å². The topological polar surface area (TPSA) is 78.6 Å². The Bertz CT molecular complexity index is 825. The number of nitrogens with one attached hydrogen (secondary N) is 1. The number of carbonyl (C=O) groups excluding carboxylic acids is 1. The Morgan fingerprint density at radius 3 is 2.48 bits per heavy atom. The molecule has 0 saturated carbocycles. The van der Waals surface area contributed by atoms with Crippen LogP contribution in [0.25, 0.3) is 0 Å². The van der Waals surface area contributed by atoms with E-state index in [4.69, 9.17) is 18.0 Å². The minimum atomic E-state index is -4.67. The number of phenols is 1. The number of benzene rings is 2. The summed E-state index contributed by atoms with van der Waals surface area (Å²) in [5.74, 6) is -1.18. The number of aromatic hydroxyl groups is 1. The van der Waals surface area contributed by atoms with E-state index in [-0.39, 0.29) is 11.3 Å². The number of rotatable bonds is 2. The molecule has 0 atom stereocenters. The first kappa shape index (κ1) is 18.5. The second-order valence-corrected chi connectivity index (χ2v) is 5.57. The molecular formula is C16H14F3N3O2S. The van der Waals surface area contributed by atoms with Crippen molar-refractivity contribution in [3.8, 4) is 5.75 Å². The highest BCUT2D eigenvalue weighted by molar-refractivity contribution is 7.80. The van der Waals surface area contributed by atoms with Crippen LogP contribution in [0.2, 0.25) is 0 Å². The molecule has 0 spiro atoms. The van der Waals surface area contributed by atoms with Crippen LogP contribution in [0.1, 0.15) is 21.5 Å². The van der Waals surface area contributed by atoms with Gasteiger partial charge in [-0.1, -0.05) is 23.8 Å². The van der Waals surface area contributed by atoms with E-state index >= 15 is 0 Å². The number of nitrogens with two attached hydrogens (primary N) is 1. The van der Waals surface area contributed by atoms with Gasteiger partial charge in [0.2, 0.25) is 0 Å². The van der Waals surface area contributed by atoms with Gasteiger partial charge in [-0.2, -0.15) is 13.2 Å². The highest BCUT2D eigenvalue weighted by atomic mass is 32.1. The Kier molecular flexibility index (Phi) is 5.17. The van der Waals surface area contributed by atoms with Gasteiger partial charge < -0.3 is 10.8 Å². The Hall–Kier alpha value is -2.81. The summed E-state index contributed by atoms with van der Waals surface area (Å²) in [7, 11) is 0. The molecule has 5 nitrogen and oxygen atoms in total. The molecule has 2 rings (SSSR count). The molecular weight excluding hydrogens is 355 g/mol. The third-order valence-electron chi connectivity index (χ3n) is 3.28. The van der Waals surface area contributed by atoms with Crippen molar-refractivity contribution in [2.24, 2.45) is 5.73 Å². The fourth-order valence-corrected chi connectivity index (χ4v) is 2.28. The predicted molar refractivity (Wildman–Crippen MR) is 91.0 cm³/mol. The molecule has 0 aromatic heterocycles. The van der Waals surface area contributed by atoms with E-state index in [1.54, 1.807) is 13.0 Å². The van der Waals surface area contributed by atoms with Gasteiger partial charge in [0.25, 0.3) is 5.91 Å². The molecule has 0 aliphatic rings. The fourth-order valence-electron chi connectivity index (χ4n) is 2.14. The van der Waals surface area contributed by atoms with E-state index in [0.717, 1.165) is 12.1 Å². The average Bonchev–Trinajstić information content (AvgIpc) is 2.53. The molecule has 0 radical (unpaired) electrons. The molecule has 0 aliphatic heterocycles. The second kappa shape index (κ2) is 6.98. The maximum Gasteiger partial charge on any atom is 0.418 e. The summed E-state index contributed by atoms with van der Waals surface area (Å²) in [6.07, 6.45) is -4.67.